The van der Waals surface area contributed by atoms with Gasteiger partial charge in [-0.1, -0.05) is 17.7 Å². The van der Waals surface area contributed by atoms with Crippen LogP contribution >= 0.6 is 0 Å². The molecule has 0 radical (unpaired) electrons. The summed E-state index contributed by atoms with van der Waals surface area (Å²) < 4.78 is 10.9. The van der Waals surface area contributed by atoms with Gasteiger partial charge < -0.3 is 15.2 Å². The summed E-state index contributed by atoms with van der Waals surface area (Å²) in [4.78, 5) is 0. The van der Waals surface area contributed by atoms with Crippen molar-refractivity contribution in [2.45, 2.75) is 6.92 Å². The highest BCUT2D eigenvalue weighted by molar-refractivity contribution is 5.58. The van der Waals surface area contributed by atoms with Crippen LogP contribution in [0.5, 0.6) is 11.5 Å². The molecule has 1 heterocycles. The van der Waals surface area contributed by atoms with Crippen LogP contribution in [0.15, 0.2) is 23.8 Å². The lowest BCUT2D eigenvalue weighted by molar-refractivity contribution is 0.171. The maximum Gasteiger partial charge on any atom is 0.161 e. The van der Waals surface area contributed by atoms with E-state index >= 15 is 0 Å². The molecule has 0 saturated carbocycles. The third kappa shape index (κ3) is 2.30. The lowest BCUT2D eigenvalue weighted by Gasteiger charge is -2.18. The molecule has 0 fully saturated rings. The van der Waals surface area contributed by atoms with E-state index in [1.165, 1.54) is 0 Å². The zero-order valence-electron chi connectivity index (χ0n) is 8.82. The van der Waals surface area contributed by atoms with E-state index in [9.17, 15) is 0 Å². The standard InChI is InChI=1S/C12H15NO2/c1-9(8-13)6-10-2-3-11-12(7-10)15-5-4-14-11/h2-3,6-7H,4-5,8,13H2,1H3. The van der Waals surface area contributed by atoms with Crippen LogP contribution in [0, 0.1) is 0 Å². The van der Waals surface area contributed by atoms with Gasteiger partial charge in [0.2, 0.25) is 0 Å². The topological polar surface area (TPSA) is 44.5 Å². The number of nitrogens with two attached hydrogens (primary N) is 1. The van der Waals surface area contributed by atoms with Crippen LogP contribution in [0.1, 0.15) is 12.5 Å². The molecule has 0 bridgehead atoms. The molecule has 0 saturated heterocycles. The normalized spacial score (nSPS) is 15.2. The monoisotopic (exact) mass is 205 g/mol. The second kappa shape index (κ2) is 4.36. The molecule has 15 heavy (non-hydrogen) atoms. The van der Waals surface area contributed by atoms with Crippen LogP contribution in [-0.4, -0.2) is 19.8 Å². The summed E-state index contributed by atoms with van der Waals surface area (Å²) in [5.74, 6) is 1.64. The van der Waals surface area contributed by atoms with E-state index < -0.39 is 0 Å². The second-order valence-corrected chi connectivity index (χ2v) is 3.60. The van der Waals surface area contributed by atoms with Crippen LogP contribution in [0.2, 0.25) is 0 Å². The summed E-state index contributed by atoms with van der Waals surface area (Å²) in [6.07, 6.45) is 2.05. The summed E-state index contributed by atoms with van der Waals surface area (Å²) in [5.41, 5.74) is 7.78. The lowest BCUT2D eigenvalue weighted by atomic mass is 10.1. The fourth-order valence-corrected chi connectivity index (χ4v) is 1.49. The molecule has 3 heteroatoms. The van der Waals surface area contributed by atoms with Gasteiger partial charge in [0.05, 0.1) is 0 Å². The minimum atomic E-state index is 0.578. The Morgan fingerprint density at radius 3 is 2.80 bits per heavy atom. The van der Waals surface area contributed by atoms with Crippen molar-refractivity contribution in [2.75, 3.05) is 19.8 Å². The van der Waals surface area contributed by atoms with Gasteiger partial charge in [-0.15, -0.1) is 0 Å². The molecular weight excluding hydrogens is 190 g/mol. The van der Waals surface area contributed by atoms with E-state index in [0.717, 1.165) is 22.6 Å². The molecule has 3 nitrogen and oxygen atoms in total. The predicted octanol–water partition coefficient (Wildman–Crippen LogP) is 1.82. The molecule has 2 rings (SSSR count). The highest BCUT2D eigenvalue weighted by Crippen LogP contribution is 2.31. The third-order valence-electron chi connectivity index (χ3n) is 2.30. The Kier molecular flexibility index (Phi) is 2.92. The van der Waals surface area contributed by atoms with Crippen molar-refractivity contribution >= 4 is 6.08 Å². The van der Waals surface area contributed by atoms with Gasteiger partial charge in [-0.3, -0.25) is 0 Å². The first kappa shape index (κ1) is 10.1. The zero-order valence-corrected chi connectivity index (χ0v) is 8.82. The van der Waals surface area contributed by atoms with Gasteiger partial charge in [0.1, 0.15) is 13.2 Å². The minimum Gasteiger partial charge on any atom is -0.486 e. The van der Waals surface area contributed by atoms with Crippen molar-refractivity contribution in [1.82, 2.24) is 0 Å². The smallest absolute Gasteiger partial charge is 0.161 e. The van der Waals surface area contributed by atoms with E-state index in [-0.39, 0.29) is 0 Å². The Hall–Kier alpha value is -1.48. The summed E-state index contributed by atoms with van der Waals surface area (Å²) in [7, 11) is 0. The van der Waals surface area contributed by atoms with Gasteiger partial charge in [-0.25, -0.2) is 0 Å². The molecule has 1 aliphatic heterocycles. The molecule has 0 aromatic heterocycles. The quantitative estimate of drug-likeness (QED) is 0.801. The second-order valence-electron chi connectivity index (χ2n) is 3.60. The molecule has 80 valence electrons. The van der Waals surface area contributed by atoms with E-state index in [2.05, 4.69) is 6.08 Å². The average molecular weight is 205 g/mol. The molecule has 0 aliphatic carbocycles. The highest BCUT2D eigenvalue weighted by Gasteiger charge is 2.10. The molecule has 0 unspecified atom stereocenters. The first-order valence-electron chi connectivity index (χ1n) is 5.06. The van der Waals surface area contributed by atoms with Gasteiger partial charge in [0, 0.05) is 6.54 Å². The molecule has 2 N–H and O–H groups in total. The third-order valence-corrected chi connectivity index (χ3v) is 2.30. The van der Waals surface area contributed by atoms with Crippen LogP contribution in [0.3, 0.4) is 0 Å². The summed E-state index contributed by atoms with van der Waals surface area (Å²) >= 11 is 0. The van der Waals surface area contributed by atoms with Crippen molar-refractivity contribution in [2.24, 2.45) is 5.73 Å². The molecule has 1 aromatic carbocycles. The number of hydrogen-bond acceptors (Lipinski definition) is 3. The van der Waals surface area contributed by atoms with Crippen molar-refractivity contribution < 1.29 is 9.47 Å². The first-order valence-corrected chi connectivity index (χ1v) is 5.06. The number of fused-ring (bicyclic) bond motifs is 1. The molecule has 1 aromatic rings. The van der Waals surface area contributed by atoms with Crippen molar-refractivity contribution in [3.63, 3.8) is 0 Å². The van der Waals surface area contributed by atoms with Gasteiger partial charge >= 0.3 is 0 Å². The largest absolute Gasteiger partial charge is 0.486 e. The SMILES string of the molecule is CC(=Cc1ccc2c(c1)OCCO2)CN. The average Bonchev–Trinajstić information content (AvgIpc) is 2.29. The minimum absolute atomic E-state index is 0.578. The van der Waals surface area contributed by atoms with Crippen molar-refractivity contribution in [3.8, 4) is 11.5 Å². The number of hydrogen-bond donors (Lipinski definition) is 1. The van der Waals surface area contributed by atoms with Crippen LogP contribution in [0.25, 0.3) is 6.08 Å². The molecule has 0 atom stereocenters. The summed E-state index contributed by atoms with van der Waals surface area (Å²) in [6, 6.07) is 5.92. The number of ether oxygens (including phenoxy) is 2. The summed E-state index contributed by atoms with van der Waals surface area (Å²) in [5, 5.41) is 0. The highest BCUT2D eigenvalue weighted by atomic mass is 16.6. The van der Waals surface area contributed by atoms with Crippen LogP contribution in [0.4, 0.5) is 0 Å². The predicted molar refractivity (Wildman–Crippen MR) is 60.1 cm³/mol. The van der Waals surface area contributed by atoms with Crippen molar-refractivity contribution in [1.29, 1.82) is 0 Å². The Morgan fingerprint density at radius 2 is 2.07 bits per heavy atom. The fraction of sp³-hybridized carbons (Fsp3) is 0.333. The number of benzene rings is 1. The van der Waals surface area contributed by atoms with Gasteiger partial charge in [-0.2, -0.15) is 0 Å². The maximum atomic E-state index is 5.53. The zero-order chi connectivity index (χ0) is 10.7. The van der Waals surface area contributed by atoms with E-state index in [1.807, 2.05) is 25.1 Å². The Labute approximate surface area is 89.5 Å². The van der Waals surface area contributed by atoms with Crippen LogP contribution < -0.4 is 15.2 Å². The Bertz CT molecular complexity index is 385. The van der Waals surface area contributed by atoms with E-state index in [4.69, 9.17) is 15.2 Å². The molecule has 0 amide bonds. The summed E-state index contributed by atoms with van der Waals surface area (Å²) in [6.45, 7) is 3.84. The van der Waals surface area contributed by atoms with E-state index in [1.54, 1.807) is 0 Å². The molecule has 1 aliphatic rings. The molecule has 0 spiro atoms. The van der Waals surface area contributed by atoms with E-state index in [0.29, 0.717) is 19.8 Å². The first-order chi connectivity index (χ1) is 7.29. The lowest BCUT2D eigenvalue weighted by Crippen LogP contribution is -2.15. The van der Waals surface area contributed by atoms with Gasteiger partial charge in [0.15, 0.2) is 11.5 Å². The van der Waals surface area contributed by atoms with Crippen molar-refractivity contribution in [3.05, 3.63) is 29.3 Å². The number of rotatable bonds is 2. The van der Waals surface area contributed by atoms with Gasteiger partial charge in [-0.05, 0) is 24.6 Å². The molecular formula is C12H15NO2. The Morgan fingerprint density at radius 1 is 1.33 bits per heavy atom. The Balaban J connectivity index is 2.28. The fourth-order valence-electron chi connectivity index (χ4n) is 1.49. The van der Waals surface area contributed by atoms with Crippen LogP contribution in [-0.2, 0) is 0 Å². The maximum absolute atomic E-state index is 5.53. The van der Waals surface area contributed by atoms with Gasteiger partial charge in [0.25, 0.3) is 0 Å².